The molecule has 1 heterocycles. The van der Waals surface area contributed by atoms with Gasteiger partial charge >= 0.3 is 5.97 Å². The maximum atomic E-state index is 12.7. The van der Waals surface area contributed by atoms with Crippen molar-refractivity contribution in [1.29, 1.82) is 0 Å². The number of nitrogens with one attached hydrogen (secondary N) is 2. The summed E-state index contributed by atoms with van der Waals surface area (Å²) in [5.74, 6) is -0.720. The zero-order valence-electron chi connectivity index (χ0n) is 23.5. The standard InChI is InChI=1S/C18H28N2O.C14H11Cl2NO2/c1-4-5-12-20-13-7-6-11-16(20)18(21)19-17-14(2)9-8-10-15(17)3;15-10-5-3-6-11(16)14(10)17-12-7-2-1-4-9(12)8-13(18)19/h8-10,16H,4-7,11-13H2,1-3H3,(H,19,21);1-7,17H,8H2,(H,18,19). The van der Waals surface area contributed by atoms with Crippen LogP contribution in [0.4, 0.5) is 17.1 Å². The molecule has 0 spiro atoms. The molecule has 4 rings (SSSR count). The molecule has 1 aliphatic heterocycles. The number of carboxylic acid groups (broad SMARTS) is 1. The van der Waals surface area contributed by atoms with E-state index in [0.717, 1.165) is 42.7 Å². The van der Waals surface area contributed by atoms with E-state index in [1.165, 1.54) is 19.3 Å². The summed E-state index contributed by atoms with van der Waals surface area (Å²) in [7, 11) is 0. The third kappa shape index (κ3) is 8.98. The summed E-state index contributed by atoms with van der Waals surface area (Å²) in [6.07, 6.45) is 5.66. The van der Waals surface area contributed by atoms with Gasteiger partial charge in [0.2, 0.25) is 5.91 Å². The molecule has 214 valence electrons. The molecule has 1 amide bonds. The minimum atomic E-state index is -0.889. The fourth-order valence-electron chi connectivity index (χ4n) is 4.85. The fourth-order valence-corrected chi connectivity index (χ4v) is 5.34. The van der Waals surface area contributed by atoms with Crippen molar-refractivity contribution in [3.63, 3.8) is 0 Å². The molecule has 8 heteroatoms. The third-order valence-corrected chi connectivity index (χ3v) is 7.66. The van der Waals surface area contributed by atoms with Crippen LogP contribution in [0.1, 0.15) is 55.7 Å². The minimum absolute atomic E-state index is 0.0457. The van der Waals surface area contributed by atoms with Crippen molar-refractivity contribution >= 4 is 52.1 Å². The number of nitrogens with zero attached hydrogens (tertiary/aromatic N) is 1. The van der Waals surface area contributed by atoms with Crippen molar-refractivity contribution in [2.75, 3.05) is 23.7 Å². The molecular weight excluding hydrogens is 545 g/mol. The Labute approximate surface area is 247 Å². The summed E-state index contributed by atoms with van der Waals surface area (Å²) in [6, 6.07) is 18.5. The number of rotatable bonds is 9. The molecule has 3 aromatic rings. The zero-order chi connectivity index (χ0) is 29.1. The maximum Gasteiger partial charge on any atom is 0.307 e. The Hall–Kier alpha value is -3.06. The fraction of sp³-hybridized carbons (Fsp3) is 0.375. The highest BCUT2D eigenvalue weighted by Crippen LogP contribution is 2.33. The number of unbranched alkanes of at least 4 members (excludes halogenated alkanes) is 1. The molecule has 0 radical (unpaired) electrons. The van der Waals surface area contributed by atoms with Gasteiger partial charge in [0.25, 0.3) is 0 Å². The van der Waals surface area contributed by atoms with Gasteiger partial charge in [-0.2, -0.15) is 0 Å². The molecular formula is C32H39Cl2N3O3. The Kier molecular flexibility index (Phi) is 12.3. The smallest absolute Gasteiger partial charge is 0.307 e. The van der Waals surface area contributed by atoms with Crippen molar-refractivity contribution in [2.24, 2.45) is 0 Å². The van der Waals surface area contributed by atoms with Crippen LogP contribution in [0.25, 0.3) is 0 Å². The van der Waals surface area contributed by atoms with E-state index in [0.29, 0.717) is 27.0 Å². The molecule has 0 aromatic heterocycles. The van der Waals surface area contributed by atoms with Gasteiger partial charge in [0, 0.05) is 11.4 Å². The molecule has 40 heavy (non-hydrogen) atoms. The second kappa shape index (κ2) is 15.7. The number of aryl methyl sites for hydroxylation is 2. The highest BCUT2D eigenvalue weighted by molar-refractivity contribution is 6.39. The summed E-state index contributed by atoms with van der Waals surface area (Å²) in [6.45, 7) is 8.42. The summed E-state index contributed by atoms with van der Waals surface area (Å²) in [5, 5.41) is 16.1. The number of anilines is 3. The molecule has 1 fully saturated rings. The lowest BCUT2D eigenvalue weighted by atomic mass is 10.00. The minimum Gasteiger partial charge on any atom is -0.481 e. The van der Waals surface area contributed by atoms with E-state index in [-0.39, 0.29) is 18.4 Å². The molecule has 1 unspecified atom stereocenters. The van der Waals surface area contributed by atoms with Gasteiger partial charge in [-0.05, 0) is 81.1 Å². The number of likely N-dealkylation sites (tertiary alicyclic amines) is 1. The summed E-state index contributed by atoms with van der Waals surface area (Å²) in [5.41, 5.74) is 5.19. The lowest BCUT2D eigenvalue weighted by molar-refractivity contribution is -0.136. The van der Waals surface area contributed by atoms with Gasteiger partial charge < -0.3 is 15.7 Å². The number of amides is 1. The van der Waals surface area contributed by atoms with Crippen LogP contribution in [0.2, 0.25) is 10.0 Å². The lowest BCUT2D eigenvalue weighted by Gasteiger charge is -2.34. The largest absolute Gasteiger partial charge is 0.481 e. The van der Waals surface area contributed by atoms with Crippen LogP contribution in [0.5, 0.6) is 0 Å². The molecule has 1 aliphatic rings. The van der Waals surface area contributed by atoms with E-state index in [9.17, 15) is 9.59 Å². The van der Waals surface area contributed by atoms with Crippen molar-refractivity contribution < 1.29 is 14.7 Å². The molecule has 6 nitrogen and oxygen atoms in total. The third-order valence-electron chi connectivity index (χ3n) is 7.03. The van der Waals surface area contributed by atoms with Gasteiger partial charge in [-0.25, -0.2) is 0 Å². The number of carboxylic acids is 1. The van der Waals surface area contributed by atoms with Gasteiger partial charge in [-0.15, -0.1) is 0 Å². The second-order valence-electron chi connectivity index (χ2n) is 10.1. The molecule has 1 saturated heterocycles. The average Bonchev–Trinajstić information content (AvgIpc) is 2.93. The first-order valence-electron chi connectivity index (χ1n) is 13.8. The zero-order valence-corrected chi connectivity index (χ0v) is 25.0. The Morgan fingerprint density at radius 1 is 0.925 bits per heavy atom. The van der Waals surface area contributed by atoms with Crippen molar-refractivity contribution in [2.45, 2.75) is 65.3 Å². The number of hydrogen-bond donors (Lipinski definition) is 3. The second-order valence-corrected chi connectivity index (χ2v) is 10.9. The monoisotopic (exact) mass is 583 g/mol. The van der Waals surface area contributed by atoms with Gasteiger partial charge in [-0.3, -0.25) is 14.5 Å². The maximum absolute atomic E-state index is 12.7. The van der Waals surface area contributed by atoms with E-state index in [1.807, 2.05) is 12.1 Å². The SMILES string of the molecule is CCCCN1CCCCC1C(=O)Nc1c(C)cccc1C.O=C(O)Cc1ccccc1Nc1c(Cl)cccc1Cl. The van der Waals surface area contributed by atoms with Crippen molar-refractivity contribution in [1.82, 2.24) is 4.90 Å². The first kappa shape index (κ1) is 31.5. The number of halogens is 2. The Morgan fingerprint density at radius 3 is 2.23 bits per heavy atom. The number of carbonyl (C=O) groups excluding carboxylic acids is 1. The van der Waals surface area contributed by atoms with E-state index in [1.54, 1.807) is 36.4 Å². The van der Waals surface area contributed by atoms with Crippen LogP contribution < -0.4 is 10.6 Å². The molecule has 0 aliphatic carbocycles. The van der Waals surface area contributed by atoms with E-state index in [2.05, 4.69) is 48.4 Å². The first-order valence-corrected chi connectivity index (χ1v) is 14.6. The topological polar surface area (TPSA) is 81.7 Å². The molecule has 0 saturated carbocycles. The summed E-state index contributed by atoms with van der Waals surface area (Å²) < 4.78 is 0. The summed E-state index contributed by atoms with van der Waals surface area (Å²) in [4.78, 5) is 25.9. The molecule has 0 bridgehead atoms. The van der Waals surface area contributed by atoms with Crippen molar-refractivity contribution in [3.05, 3.63) is 87.4 Å². The van der Waals surface area contributed by atoms with Crippen LogP contribution in [-0.2, 0) is 16.0 Å². The van der Waals surface area contributed by atoms with Gasteiger partial charge in [0.05, 0.1) is 28.2 Å². The predicted molar refractivity (Wildman–Crippen MR) is 166 cm³/mol. The van der Waals surface area contributed by atoms with Gasteiger partial charge in [-0.1, -0.05) is 85.4 Å². The number of benzene rings is 3. The number of hydrogen-bond acceptors (Lipinski definition) is 4. The number of para-hydroxylation sites is 3. The average molecular weight is 585 g/mol. The van der Waals surface area contributed by atoms with E-state index >= 15 is 0 Å². The lowest BCUT2D eigenvalue weighted by Crippen LogP contribution is -2.47. The quantitative estimate of drug-likeness (QED) is 0.236. The first-order chi connectivity index (χ1) is 19.2. The normalized spacial score (nSPS) is 15.1. The summed E-state index contributed by atoms with van der Waals surface area (Å²) >= 11 is 12.1. The van der Waals surface area contributed by atoms with E-state index < -0.39 is 5.97 Å². The van der Waals surface area contributed by atoms with E-state index in [4.69, 9.17) is 28.3 Å². The predicted octanol–water partition coefficient (Wildman–Crippen LogP) is 8.26. The Bertz CT molecular complexity index is 1260. The molecule has 3 aromatic carbocycles. The number of carbonyl (C=O) groups is 2. The van der Waals surface area contributed by atoms with Crippen LogP contribution in [-0.4, -0.2) is 41.0 Å². The van der Waals surface area contributed by atoms with Gasteiger partial charge in [0.1, 0.15) is 0 Å². The molecule has 1 atom stereocenters. The molecule has 3 N–H and O–H groups in total. The van der Waals surface area contributed by atoms with Gasteiger partial charge in [0.15, 0.2) is 0 Å². The highest BCUT2D eigenvalue weighted by Gasteiger charge is 2.28. The number of aliphatic carboxylic acids is 1. The number of piperidine rings is 1. The van der Waals surface area contributed by atoms with Crippen LogP contribution in [0, 0.1) is 13.8 Å². The highest BCUT2D eigenvalue weighted by atomic mass is 35.5. The van der Waals surface area contributed by atoms with Crippen LogP contribution in [0.3, 0.4) is 0 Å². The Balaban J connectivity index is 0.000000222. The van der Waals surface area contributed by atoms with Crippen LogP contribution >= 0.6 is 23.2 Å². The Morgan fingerprint density at radius 2 is 1.57 bits per heavy atom. The van der Waals surface area contributed by atoms with Crippen molar-refractivity contribution in [3.8, 4) is 0 Å². The van der Waals surface area contributed by atoms with Crippen LogP contribution in [0.15, 0.2) is 60.7 Å².